The lowest BCUT2D eigenvalue weighted by Crippen LogP contribution is -2.16. The number of methoxy groups -OCH3 is 1. The van der Waals surface area contributed by atoms with E-state index in [0.717, 1.165) is 35.7 Å². The maximum atomic E-state index is 12.6. The molecule has 0 aliphatic rings. The van der Waals surface area contributed by atoms with Crippen LogP contribution < -0.4 is 4.74 Å². The van der Waals surface area contributed by atoms with Gasteiger partial charge in [-0.1, -0.05) is 42.5 Å². The number of esters is 1. The van der Waals surface area contributed by atoms with Gasteiger partial charge in [0.2, 0.25) is 5.78 Å². The van der Waals surface area contributed by atoms with Gasteiger partial charge in [-0.15, -0.1) is 0 Å². The first-order valence-corrected chi connectivity index (χ1v) is 10.0. The molecule has 1 heterocycles. The number of carbonyl (C=O) groups excluding carboxylic acids is 2. The number of aromatic nitrogens is 1. The highest BCUT2D eigenvalue weighted by Crippen LogP contribution is 2.18. The fourth-order valence-electron chi connectivity index (χ4n) is 3.50. The molecule has 0 N–H and O–H groups in total. The third kappa shape index (κ3) is 5.38. The number of rotatable bonds is 9. The Morgan fingerprint density at radius 2 is 1.63 bits per heavy atom. The second-order valence-corrected chi connectivity index (χ2v) is 7.28. The Labute approximate surface area is 177 Å². The number of nitrogens with zero attached hydrogens (tertiary/aromatic N) is 1. The van der Waals surface area contributed by atoms with Gasteiger partial charge in [0.15, 0.2) is 6.61 Å². The summed E-state index contributed by atoms with van der Waals surface area (Å²) >= 11 is 0. The van der Waals surface area contributed by atoms with Crippen molar-refractivity contribution in [1.29, 1.82) is 0 Å². The average Bonchev–Trinajstić information content (AvgIpc) is 3.05. The van der Waals surface area contributed by atoms with Crippen LogP contribution in [0.25, 0.3) is 0 Å². The number of aryl methyl sites for hydroxylation is 2. The number of ether oxygens (including phenoxy) is 2. The van der Waals surface area contributed by atoms with Crippen LogP contribution in [0.3, 0.4) is 0 Å². The highest BCUT2D eigenvalue weighted by molar-refractivity contribution is 5.99. The molecule has 5 nitrogen and oxygen atoms in total. The largest absolute Gasteiger partial charge is 0.497 e. The standard InChI is InChI=1S/C25H27NO4/c1-18-15-23(24(27)17-30-25(28)16-21-7-5-4-6-8-21)19(2)26(18)14-13-20-9-11-22(29-3)12-10-20/h4-12,15H,13-14,16-17H2,1-3H3. The van der Waals surface area contributed by atoms with Gasteiger partial charge in [-0.2, -0.15) is 0 Å². The maximum absolute atomic E-state index is 12.6. The van der Waals surface area contributed by atoms with Gasteiger partial charge in [-0.05, 0) is 49.6 Å². The van der Waals surface area contributed by atoms with E-state index in [2.05, 4.69) is 4.57 Å². The van der Waals surface area contributed by atoms with Gasteiger partial charge in [0.1, 0.15) is 5.75 Å². The van der Waals surface area contributed by atoms with Gasteiger partial charge in [-0.3, -0.25) is 9.59 Å². The number of carbonyl (C=O) groups is 2. The third-order valence-corrected chi connectivity index (χ3v) is 5.21. The lowest BCUT2D eigenvalue weighted by Gasteiger charge is -2.10. The minimum Gasteiger partial charge on any atom is -0.497 e. The summed E-state index contributed by atoms with van der Waals surface area (Å²) in [5.41, 5.74) is 4.58. The molecule has 0 saturated heterocycles. The SMILES string of the molecule is COc1ccc(CCn2c(C)cc(C(=O)COC(=O)Cc3ccccc3)c2C)cc1. The molecule has 0 fully saturated rings. The molecular formula is C25H27NO4. The van der Waals surface area contributed by atoms with Crippen LogP contribution in [0.4, 0.5) is 0 Å². The third-order valence-electron chi connectivity index (χ3n) is 5.21. The second-order valence-electron chi connectivity index (χ2n) is 7.28. The van der Waals surface area contributed by atoms with Crippen LogP contribution in [0.5, 0.6) is 5.75 Å². The smallest absolute Gasteiger partial charge is 0.310 e. The zero-order chi connectivity index (χ0) is 21.5. The van der Waals surface area contributed by atoms with E-state index in [-0.39, 0.29) is 18.8 Å². The Morgan fingerprint density at radius 3 is 2.30 bits per heavy atom. The molecule has 2 aromatic carbocycles. The quantitative estimate of drug-likeness (QED) is 0.393. The van der Waals surface area contributed by atoms with Crippen molar-refractivity contribution in [2.24, 2.45) is 0 Å². The molecule has 0 atom stereocenters. The van der Waals surface area contributed by atoms with Crippen molar-refractivity contribution in [2.45, 2.75) is 33.2 Å². The molecule has 3 rings (SSSR count). The van der Waals surface area contributed by atoms with E-state index in [9.17, 15) is 9.59 Å². The molecule has 0 bridgehead atoms. The summed E-state index contributed by atoms with van der Waals surface area (Å²) in [6, 6.07) is 19.2. The second kappa shape index (κ2) is 9.92. The number of Topliss-reactive ketones (excluding diaryl/α,β-unsaturated/α-hetero) is 1. The molecule has 1 aromatic heterocycles. The van der Waals surface area contributed by atoms with Crippen molar-refractivity contribution in [3.63, 3.8) is 0 Å². The highest BCUT2D eigenvalue weighted by Gasteiger charge is 2.17. The van der Waals surface area contributed by atoms with Crippen molar-refractivity contribution in [3.8, 4) is 5.75 Å². The van der Waals surface area contributed by atoms with Crippen molar-refractivity contribution in [1.82, 2.24) is 4.57 Å². The van der Waals surface area contributed by atoms with Gasteiger partial charge >= 0.3 is 5.97 Å². The van der Waals surface area contributed by atoms with Crippen molar-refractivity contribution < 1.29 is 19.1 Å². The van der Waals surface area contributed by atoms with Gasteiger partial charge in [0.05, 0.1) is 13.5 Å². The predicted molar refractivity (Wildman–Crippen MR) is 116 cm³/mol. The summed E-state index contributed by atoms with van der Waals surface area (Å²) in [4.78, 5) is 24.7. The van der Waals surface area contributed by atoms with Crippen LogP contribution in [0.1, 0.15) is 32.9 Å². The summed E-state index contributed by atoms with van der Waals surface area (Å²) in [5.74, 6) is 0.254. The van der Waals surface area contributed by atoms with Crippen LogP contribution in [-0.2, 0) is 28.9 Å². The molecule has 3 aromatic rings. The molecule has 0 unspecified atom stereocenters. The van der Waals surface area contributed by atoms with E-state index < -0.39 is 5.97 Å². The van der Waals surface area contributed by atoms with E-state index in [4.69, 9.17) is 9.47 Å². The van der Waals surface area contributed by atoms with E-state index in [1.165, 1.54) is 5.56 Å². The number of benzene rings is 2. The summed E-state index contributed by atoms with van der Waals surface area (Å²) in [7, 11) is 1.65. The van der Waals surface area contributed by atoms with E-state index in [0.29, 0.717) is 5.56 Å². The normalized spacial score (nSPS) is 10.6. The highest BCUT2D eigenvalue weighted by atomic mass is 16.5. The van der Waals surface area contributed by atoms with Crippen LogP contribution in [0, 0.1) is 13.8 Å². The average molecular weight is 405 g/mol. The summed E-state index contributed by atoms with van der Waals surface area (Å²) in [6.07, 6.45) is 1.01. The van der Waals surface area contributed by atoms with Gasteiger partial charge in [0.25, 0.3) is 0 Å². The molecule has 0 spiro atoms. The molecule has 5 heteroatoms. The minimum absolute atomic E-state index is 0.162. The molecule has 0 radical (unpaired) electrons. The first-order chi connectivity index (χ1) is 14.5. The molecule has 0 amide bonds. The van der Waals surface area contributed by atoms with Crippen molar-refractivity contribution in [3.05, 3.63) is 88.7 Å². The van der Waals surface area contributed by atoms with E-state index >= 15 is 0 Å². The lowest BCUT2D eigenvalue weighted by atomic mass is 10.1. The zero-order valence-corrected chi connectivity index (χ0v) is 17.7. The van der Waals surface area contributed by atoms with Gasteiger partial charge < -0.3 is 14.0 Å². The first-order valence-electron chi connectivity index (χ1n) is 10.0. The number of ketones is 1. The molecule has 156 valence electrons. The summed E-state index contributed by atoms with van der Waals surface area (Å²) in [6.45, 7) is 4.44. The Balaban J connectivity index is 1.58. The number of hydrogen-bond acceptors (Lipinski definition) is 4. The molecule has 30 heavy (non-hydrogen) atoms. The monoisotopic (exact) mass is 405 g/mol. The van der Waals surface area contributed by atoms with E-state index in [1.807, 2.05) is 74.5 Å². The van der Waals surface area contributed by atoms with Crippen molar-refractivity contribution in [2.75, 3.05) is 13.7 Å². The Bertz CT molecular complexity index is 1000. The first kappa shape index (κ1) is 21.4. The molecule has 0 saturated carbocycles. The summed E-state index contributed by atoms with van der Waals surface area (Å²) < 4.78 is 12.5. The maximum Gasteiger partial charge on any atom is 0.310 e. The predicted octanol–water partition coefficient (Wildman–Crippen LogP) is 4.32. The number of hydrogen-bond donors (Lipinski definition) is 0. The van der Waals surface area contributed by atoms with Crippen molar-refractivity contribution >= 4 is 11.8 Å². The van der Waals surface area contributed by atoms with Crippen LogP contribution >= 0.6 is 0 Å². The van der Waals surface area contributed by atoms with Gasteiger partial charge in [-0.25, -0.2) is 0 Å². The molecular weight excluding hydrogens is 378 g/mol. The van der Waals surface area contributed by atoms with Crippen LogP contribution in [0.2, 0.25) is 0 Å². The van der Waals surface area contributed by atoms with Gasteiger partial charge in [0, 0.05) is 23.5 Å². The minimum atomic E-state index is -0.400. The Kier molecular flexibility index (Phi) is 7.07. The van der Waals surface area contributed by atoms with E-state index in [1.54, 1.807) is 7.11 Å². The zero-order valence-electron chi connectivity index (χ0n) is 17.7. The molecule has 0 aliphatic heterocycles. The Hall–Kier alpha value is -3.34. The fourth-order valence-corrected chi connectivity index (χ4v) is 3.50. The topological polar surface area (TPSA) is 57.5 Å². The van der Waals surface area contributed by atoms with Crippen LogP contribution in [0.15, 0.2) is 60.7 Å². The van der Waals surface area contributed by atoms with Crippen LogP contribution in [-0.4, -0.2) is 30.0 Å². The Morgan fingerprint density at radius 1 is 0.933 bits per heavy atom. The fraction of sp³-hybridized carbons (Fsp3) is 0.280. The molecule has 0 aliphatic carbocycles. The summed E-state index contributed by atoms with van der Waals surface area (Å²) in [5, 5.41) is 0. The lowest BCUT2D eigenvalue weighted by molar-refractivity contribution is -0.141.